The quantitative estimate of drug-likeness (QED) is 0.892. The molecule has 2 unspecified atom stereocenters. The molecule has 1 aliphatic rings. The molecule has 1 N–H and O–H groups in total. The third-order valence-corrected chi connectivity index (χ3v) is 4.83. The zero-order valence-electron chi connectivity index (χ0n) is 11.0. The van der Waals surface area contributed by atoms with Crippen molar-refractivity contribution >= 4 is 16.5 Å². The van der Waals surface area contributed by atoms with Gasteiger partial charge in [-0.3, -0.25) is 0 Å². The van der Waals surface area contributed by atoms with Gasteiger partial charge in [-0.05, 0) is 27.3 Å². The fourth-order valence-corrected chi connectivity index (χ4v) is 3.22. The van der Waals surface area contributed by atoms with E-state index in [2.05, 4.69) is 36.1 Å². The number of ether oxygens (including phenoxy) is 1. The molecule has 2 heterocycles. The Kier molecular flexibility index (Phi) is 4.01. The molecule has 1 saturated heterocycles. The van der Waals surface area contributed by atoms with Gasteiger partial charge in [0.2, 0.25) is 0 Å². The number of thiazole rings is 1. The second-order valence-corrected chi connectivity index (χ2v) is 5.59. The second-order valence-electron chi connectivity index (χ2n) is 4.58. The number of anilines is 1. The Balaban J connectivity index is 2.15. The number of nitrogens with zero attached hydrogens (tertiary/aromatic N) is 2. The first kappa shape index (κ1) is 12.8. The lowest BCUT2D eigenvalue weighted by molar-refractivity contribution is 0.193. The lowest BCUT2D eigenvalue weighted by Gasteiger charge is -2.22. The van der Waals surface area contributed by atoms with Crippen molar-refractivity contribution in [2.75, 3.05) is 32.2 Å². The molecule has 0 aliphatic carbocycles. The first-order chi connectivity index (χ1) is 8.13. The van der Waals surface area contributed by atoms with Crippen molar-refractivity contribution in [1.82, 2.24) is 10.3 Å². The van der Waals surface area contributed by atoms with Crippen LogP contribution < -0.4 is 10.2 Å². The summed E-state index contributed by atoms with van der Waals surface area (Å²) in [7, 11) is 4.10. The molecule has 0 radical (unpaired) electrons. The summed E-state index contributed by atoms with van der Waals surface area (Å²) < 4.78 is 5.43. The van der Waals surface area contributed by atoms with Crippen LogP contribution in [0.1, 0.15) is 30.0 Å². The lowest BCUT2D eigenvalue weighted by Crippen LogP contribution is -2.31. The Morgan fingerprint density at radius 1 is 1.59 bits per heavy atom. The highest BCUT2D eigenvalue weighted by Gasteiger charge is 2.24. The largest absolute Gasteiger partial charge is 0.379 e. The van der Waals surface area contributed by atoms with Crippen molar-refractivity contribution in [3.8, 4) is 0 Å². The van der Waals surface area contributed by atoms with Gasteiger partial charge < -0.3 is 15.0 Å². The first-order valence-electron chi connectivity index (χ1n) is 6.08. The predicted octanol–water partition coefficient (Wildman–Crippen LogP) is 1.96. The summed E-state index contributed by atoms with van der Waals surface area (Å²) in [5.74, 6) is 0. The van der Waals surface area contributed by atoms with Crippen LogP contribution in [0, 0.1) is 6.92 Å². The van der Waals surface area contributed by atoms with E-state index in [4.69, 9.17) is 4.74 Å². The maximum Gasteiger partial charge on any atom is 0.185 e. The summed E-state index contributed by atoms with van der Waals surface area (Å²) in [5.41, 5.74) is 1.14. The third-order valence-electron chi connectivity index (χ3n) is 3.40. The van der Waals surface area contributed by atoms with Crippen LogP contribution in [0.2, 0.25) is 0 Å². The molecule has 0 aromatic carbocycles. The average Bonchev–Trinajstić information content (AvgIpc) is 2.96. The van der Waals surface area contributed by atoms with Gasteiger partial charge in [-0.15, -0.1) is 11.3 Å². The van der Waals surface area contributed by atoms with Crippen molar-refractivity contribution in [3.05, 3.63) is 10.6 Å². The van der Waals surface area contributed by atoms with Crippen molar-refractivity contribution in [3.63, 3.8) is 0 Å². The topological polar surface area (TPSA) is 37.4 Å². The van der Waals surface area contributed by atoms with E-state index < -0.39 is 0 Å². The summed E-state index contributed by atoms with van der Waals surface area (Å²) in [6, 6.07) is 0.854. The monoisotopic (exact) mass is 255 g/mol. The Morgan fingerprint density at radius 2 is 2.35 bits per heavy atom. The fraction of sp³-hybridized carbons (Fsp3) is 0.750. The number of nitrogens with one attached hydrogen (secondary N) is 1. The number of aryl methyl sites for hydroxylation is 1. The minimum Gasteiger partial charge on any atom is -0.379 e. The van der Waals surface area contributed by atoms with Crippen LogP contribution >= 0.6 is 11.3 Å². The average molecular weight is 255 g/mol. The van der Waals surface area contributed by atoms with Crippen LogP contribution in [0.5, 0.6) is 0 Å². The molecule has 0 amide bonds. The molecule has 4 nitrogen and oxygen atoms in total. The SMILES string of the molecule is CNC(C)c1sc(N(C)C2CCOC2)nc1C. The molecule has 17 heavy (non-hydrogen) atoms. The van der Waals surface area contributed by atoms with Gasteiger partial charge in [0.15, 0.2) is 5.13 Å². The minimum absolute atomic E-state index is 0.370. The number of hydrogen-bond donors (Lipinski definition) is 1. The maximum absolute atomic E-state index is 5.43. The van der Waals surface area contributed by atoms with Crippen LogP contribution in [-0.2, 0) is 4.74 Å². The van der Waals surface area contributed by atoms with Gasteiger partial charge in [-0.2, -0.15) is 0 Å². The highest BCUT2D eigenvalue weighted by molar-refractivity contribution is 7.15. The Hall–Kier alpha value is -0.650. The maximum atomic E-state index is 5.43. The zero-order chi connectivity index (χ0) is 12.4. The summed E-state index contributed by atoms with van der Waals surface area (Å²) in [6.45, 7) is 5.95. The smallest absolute Gasteiger partial charge is 0.185 e. The van der Waals surface area contributed by atoms with E-state index in [9.17, 15) is 0 Å². The van der Waals surface area contributed by atoms with Crippen LogP contribution in [0.4, 0.5) is 5.13 Å². The molecule has 96 valence electrons. The molecule has 2 atom stereocenters. The highest BCUT2D eigenvalue weighted by Crippen LogP contribution is 2.31. The Morgan fingerprint density at radius 3 is 2.94 bits per heavy atom. The van der Waals surface area contributed by atoms with Crippen molar-refractivity contribution in [2.24, 2.45) is 0 Å². The van der Waals surface area contributed by atoms with E-state index in [1.54, 1.807) is 11.3 Å². The standard InChI is InChI=1S/C12H21N3OS/c1-8(13-3)11-9(2)14-12(17-11)15(4)10-5-6-16-7-10/h8,10,13H,5-7H2,1-4H3. The third kappa shape index (κ3) is 2.61. The molecular formula is C12H21N3OS. The van der Waals surface area contributed by atoms with Gasteiger partial charge in [-0.1, -0.05) is 0 Å². The van der Waals surface area contributed by atoms with Gasteiger partial charge in [0.25, 0.3) is 0 Å². The molecule has 5 heteroatoms. The van der Waals surface area contributed by atoms with Gasteiger partial charge in [0, 0.05) is 24.6 Å². The summed E-state index contributed by atoms with van der Waals surface area (Å²) in [6.07, 6.45) is 1.10. The second kappa shape index (κ2) is 5.33. The van der Waals surface area contributed by atoms with Gasteiger partial charge in [0.05, 0.1) is 18.3 Å². The summed E-state index contributed by atoms with van der Waals surface area (Å²) in [4.78, 5) is 8.26. The highest BCUT2D eigenvalue weighted by atomic mass is 32.1. The molecular weight excluding hydrogens is 234 g/mol. The van der Waals surface area contributed by atoms with Gasteiger partial charge in [-0.25, -0.2) is 4.98 Å². The fourth-order valence-electron chi connectivity index (χ4n) is 2.06. The molecule has 1 aliphatic heterocycles. The molecule has 0 saturated carbocycles. The van der Waals surface area contributed by atoms with E-state index in [0.29, 0.717) is 12.1 Å². The van der Waals surface area contributed by atoms with E-state index in [1.807, 2.05) is 7.05 Å². The molecule has 1 aromatic rings. The Bertz CT molecular complexity index is 374. The zero-order valence-corrected chi connectivity index (χ0v) is 11.8. The van der Waals surface area contributed by atoms with Crippen LogP contribution in [0.25, 0.3) is 0 Å². The number of rotatable bonds is 4. The van der Waals surface area contributed by atoms with E-state index in [1.165, 1.54) is 4.88 Å². The van der Waals surface area contributed by atoms with Crippen molar-refractivity contribution in [2.45, 2.75) is 32.4 Å². The van der Waals surface area contributed by atoms with Crippen LogP contribution in [0.15, 0.2) is 0 Å². The predicted molar refractivity (Wildman–Crippen MR) is 72.0 cm³/mol. The molecule has 0 spiro atoms. The van der Waals surface area contributed by atoms with Crippen LogP contribution in [0.3, 0.4) is 0 Å². The van der Waals surface area contributed by atoms with E-state index in [-0.39, 0.29) is 0 Å². The number of aromatic nitrogens is 1. The number of hydrogen-bond acceptors (Lipinski definition) is 5. The molecule has 0 bridgehead atoms. The molecule has 1 fully saturated rings. The lowest BCUT2D eigenvalue weighted by atomic mass is 10.2. The first-order valence-corrected chi connectivity index (χ1v) is 6.90. The molecule has 2 rings (SSSR count). The summed E-state index contributed by atoms with van der Waals surface area (Å²) in [5, 5.41) is 4.38. The van der Waals surface area contributed by atoms with Crippen LogP contribution in [-0.4, -0.2) is 38.3 Å². The summed E-state index contributed by atoms with van der Waals surface area (Å²) >= 11 is 1.78. The van der Waals surface area contributed by atoms with E-state index >= 15 is 0 Å². The minimum atomic E-state index is 0.370. The van der Waals surface area contributed by atoms with Gasteiger partial charge in [0.1, 0.15) is 0 Å². The van der Waals surface area contributed by atoms with Crippen molar-refractivity contribution < 1.29 is 4.74 Å². The van der Waals surface area contributed by atoms with E-state index in [0.717, 1.165) is 30.5 Å². The normalized spacial score (nSPS) is 21.8. The Labute approximate surface area is 107 Å². The van der Waals surface area contributed by atoms with Gasteiger partial charge >= 0.3 is 0 Å². The van der Waals surface area contributed by atoms with Crippen molar-refractivity contribution in [1.29, 1.82) is 0 Å². The number of likely N-dealkylation sites (N-methyl/N-ethyl adjacent to an activating group) is 1. The molecule has 1 aromatic heterocycles.